The van der Waals surface area contributed by atoms with Crippen LogP contribution in [0, 0.1) is 18.8 Å². The Morgan fingerprint density at radius 2 is 2.18 bits per heavy atom. The highest BCUT2D eigenvalue weighted by Crippen LogP contribution is 2.24. The largest absolute Gasteiger partial charge is 0.310 e. The van der Waals surface area contributed by atoms with Gasteiger partial charge in [-0.05, 0) is 50.1 Å². The zero-order valence-electron chi connectivity index (χ0n) is 10.8. The highest BCUT2D eigenvalue weighted by molar-refractivity contribution is 9.10. The van der Waals surface area contributed by atoms with E-state index >= 15 is 0 Å². The van der Waals surface area contributed by atoms with E-state index in [0.29, 0.717) is 6.04 Å². The van der Waals surface area contributed by atoms with Gasteiger partial charge in [-0.25, -0.2) is 0 Å². The Bertz CT molecular complexity index is 415. The average Bonchev–Trinajstić information content (AvgIpc) is 2.28. The summed E-state index contributed by atoms with van der Waals surface area (Å²) in [5, 5.41) is 3.54. The zero-order valence-corrected chi connectivity index (χ0v) is 12.4. The van der Waals surface area contributed by atoms with Crippen molar-refractivity contribution >= 4 is 15.9 Å². The van der Waals surface area contributed by atoms with Crippen LogP contribution in [0.5, 0.6) is 0 Å². The predicted molar refractivity (Wildman–Crippen MR) is 78.0 cm³/mol. The summed E-state index contributed by atoms with van der Waals surface area (Å²) in [6.07, 6.45) is 2.01. The fourth-order valence-electron chi connectivity index (χ4n) is 1.99. The number of benzene rings is 1. The molecule has 0 bridgehead atoms. The van der Waals surface area contributed by atoms with Crippen LogP contribution >= 0.6 is 15.9 Å². The Morgan fingerprint density at radius 3 is 2.76 bits per heavy atom. The van der Waals surface area contributed by atoms with Gasteiger partial charge in [0.1, 0.15) is 0 Å². The minimum Gasteiger partial charge on any atom is -0.310 e. The quantitative estimate of drug-likeness (QED) is 0.802. The van der Waals surface area contributed by atoms with Gasteiger partial charge in [0.15, 0.2) is 0 Å². The lowest BCUT2D eigenvalue weighted by Gasteiger charge is -2.19. The van der Waals surface area contributed by atoms with Gasteiger partial charge in [-0.2, -0.15) is 0 Å². The minimum absolute atomic E-state index is 0.411. The van der Waals surface area contributed by atoms with Crippen LogP contribution in [-0.4, -0.2) is 6.54 Å². The van der Waals surface area contributed by atoms with Crippen LogP contribution in [0.4, 0.5) is 0 Å². The summed E-state index contributed by atoms with van der Waals surface area (Å²) in [6, 6.07) is 6.89. The van der Waals surface area contributed by atoms with Crippen molar-refractivity contribution in [3.8, 4) is 11.8 Å². The molecule has 0 amide bonds. The number of hydrogen-bond acceptors (Lipinski definition) is 1. The number of rotatable bonds is 5. The second kappa shape index (κ2) is 7.53. The molecule has 0 aliphatic heterocycles. The van der Waals surface area contributed by atoms with E-state index in [9.17, 15) is 0 Å². The van der Waals surface area contributed by atoms with Crippen LogP contribution in [0.2, 0.25) is 0 Å². The summed E-state index contributed by atoms with van der Waals surface area (Å²) in [4.78, 5) is 0. The molecule has 92 valence electrons. The Labute approximate surface area is 113 Å². The fourth-order valence-corrected chi connectivity index (χ4v) is 2.46. The van der Waals surface area contributed by atoms with Gasteiger partial charge in [0.05, 0.1) is 0 Å². The summed E-state index contributed by atoms with van der Waals surface area (Å²) >= 11 is 3.51. The lowest BCUT2D eigenvalue weighted by Crippen LogP contribution is -2.21. The molecule has 1 nitrogen and oxygen atoms in total. The van der Waals surface area contributed by atoms with E-state index in [2.05, 4.69) is 65.1 Å². The van der Waals surface area contributed by atoms with Crippen LogP contribution in [0.3, 0.4) is 0 Å². The molecule has 17 heavy (non-hydrogen) atoms. The van der Waals surface area contributed by atoms with Crippen molar-refractivity contribution in [2.75, 3.05) is 6.54 Å². The highest BCUT2D eigenvalue weighted by Gasteiger charge is 2.11. The first kappa shape index (κ1) is 14.3. The molecule has 1 aromatic carbocycles. The van der Waals surface area contributed by atoms with Gasteiger partial charge in [0.2, 0.25) is 0 Å². The first-order valence-electron chi connectivity index (χ1n) is 6.08. The van der Waals surface area contributed by atoms with E-state index in [1.165, 1.54) is 11.1 Å². The lowest BCUT2D eigenvalue weighted by atomic mass is 9.97. The van der Waals surface area contributed by atoms with Gasteiger partial charge in [0.25, 0.3) is 0 Å². The van der Waals surface area contributed by atoms with E-state index in [0.717, 1.165) is 23.9 Å². The second-order valence-electron chi connectivity index (χ2n) is 4.08. The van der Waals surface area contributed by atoms with Crippen LogP contribution in [0.1, 0.15) is 43.9 Å². The number of aryl methyl sites for hydroxylation is 1. The van der Waals surface area contributed by atoms with E-state index in [1.54, 1.807) is 0 Å². The molecule has 1 unspecified atom stereocenters. The standard InChI is InChI=1S/C15H20BrN/c1-4-6-7-8-15(17-5-2)14-10-9-13(16)11-12(14)3/h9-11,15,17H,5,7-8H2,1-3H3. The van der Waals surface area contributed by atoms with Gasteiger partial charge in [-0.3, -0.25) is 0 Å². The van der Waals surface area contributed by atoms with E-state index < -0.39 is 0 Å². The maximum absolute atomic E-state index is 3.54. The first-order valence-corrected chi connectivity index (χ1v) is 6.87. The Balaban J connectivity index is 2.83. The molecule has 0 spiro atoms. The van der Waals surface area contributed by atoms with Gasteiger partial charge >= 0.3 is 0 Å². The van der Waals surface area contributed by atoms with Gasteiger partial charge < -0.3 is 5.32 Å². The molecule has 2 heteroatoms. The molecular weight excluding hydrogens is 274 g/mol. The predicted octanol–water partition coefficient (Wildman–Crippen LogP) is 4.21. The maximum Gasteiger partial charge on any atom is 0.0331 e. The number of nitrogens with one attached hydrogen (secondary N) is 1. The summed E-state index contributed by atoms with van der Waals surface area (Å²) in [6.45, 7) is 7.19. The van der Waals surface area contributed by atoms with Gasteiger partial charge in [-0.15, -0.1) is 11.8 Å². The monoisotopic (exact) mass is 293 g/mol. The smallest absolute Gasteiger partial charge is 0.0331 e. The van der Waals surface area contributed by atoms with Crippen LogP contribution < -0.4 is 5.32 Å². The van der Waals surface area contributed by atoms with Crippen molar-refractivity contribution in [1.29, 1.82) is 0 Å². The lowest BCUT2D eigenvalue weighted by molar-refractivity contribution is 0.520. The van der Waals surface area contributed by atoms with Crippen molar-refractivity contribution in [3.63, 3.8) is 0 Å². The van der Waals surface area contributed by atoms with Crippen molar-refractivity contribution in [1.82, 2.24) is 5.32 Å². The van der Waals surface area contributed by atoms with Crippen molar-refractivity contribution in [2.45, 2.75) is 39.7 Å². The topological polar surface area (TPSA) is 12.0 Å². The van der Waals surface area contributed by atoms with Crippen LogP contribution in [-0.2, 0) is 0 Å². The average molecular weight is 294 g/mol. The summed E-state index contributed by atoms with van der Waals surface area (Å²) < 4.78 is 1.14. The minimum atomic E-state index is 0.411. The summed E-state index contributed by atoms with van der Waals surface area (Å²) in [5.41, 5.74) is 2.71. The molecule has 0 fully saturated rings. The molecular formula is C15H20BrN. The SMILES string of the molecule is CC#CCCC(NCC)c1ccc(Br)cc1C. The fraction of sp³-hybridized carbons (Fsp3) is 0.467. The molecule has 0 saturated heterocycles. The van der Waals surface area contributed by atoms with Crippen molar-refractivity contribution in [3.05, 3.63) is 33.8 Å². The van der Waals surface area contributed by atoms with Crippen LogP contribution in [0.25, 0.3) is 0 Å². The third-order valence-electron chi connectivity index (χ3n) is 2.79. The molecule has 0 radical (unpaired) electrons. The Morgan fingerprint density at radius 1 is 1.41 bits per heavy atom. The van der Waals surface area contributed by atoms with Gasteiger partial charge in [0, 0.05) is 16.9 Å². The molecule has 0 heterocycles. The maximum atomic E-state index is 3.54. The summed E-state index contributed by atoms with van der Waals surface area (Å²) in [7, 11) is 0. The highest BCUT2D eigenvalue weighted by atomic mass is 79.9. The third-order valence-corrected chi connectivity index (χ3v) is 3.29. The molecule has 0 saturated carbocycles. The zero-order chi connectivity index (χ0) is 12.7. The molecule has 0 aromatic heterocycles. The Kier molecular flexibility index (Phi) is 6.32. The summed E-state index contributed by atoms with van der Waals surface area (Å²) in [5.74, 6) is 6.09. The molecule has 1 aromatic rings. The second-order valence-corrected chi connectivity index (χ2v) is 4.99. The molecule has 1 atom stereocenters. The third kappa shape index (κ3) is 4.53. The van der Waals surface area contributed by atoms with E-state index in [1.807, 2.05) is 6.92 Å². The van der Waals surface area contributed by atoms with Crippen molar-refractivity contribution in [2.24, 2.45) is 0 Å². The Hall–Kier alpha value is -0.780. The normalized spacial score (nSPS) is 11.8. The number of halogens is 1. The van der Waals surface area contributed by atoms with Crippen LogP contribution in [0.15, 0.2) is 22.7 Å². The van der Waals surface area contributed by atoms with Crippen molar-refractivity contribution < 1.29 is 0 Å². The molecule has 0 aliphatic carbocycles. The molecule has 1 N–H and O–H groups in total. The molecule has 1 rings (SSSR count). The first-order chi connectivity index (χ1) is 8.19. The van der Waals surface area contributed by atoms with E-state index in [-0.39, 0.29) is 0 Å². The number of hydrogen-bond donors (Lipinski definition) is 1. The van der Waals surface area contributed by atoms with Gasteiger partial charge in [-0.1, -0.05) is 28.9 Å². The van der Waals surface area contributed by atoms with E-state index in [4.69, 9.17) is 0 Å². The molecule has 0 aliphatic rings.